The first kappa shape index (κ1) is 20.6. The Kier molecular flexibility index (Phi) is 6.70. The molecule has 0 heterocycles. The van der Waals surface area contributed by atoms with E-state index in [-0.39, 0.29) is 0 Å². The second kappa shape index (κ2) is 9.41. The highest BCUT2D eigenvalue weighted by atomic mass is 19.3. The summed E-state index contributed by atoms with van der Waals surface area (Å²) in [6.45, 7) is 2.14. The van der Waals surface area contributed by atoms with E-state index >= 15 is 0 Å². The Hall–Kier alpha value is -3.08. The standard InChI is InChI=1S/C24H20F4O/c1-2-3-16-4-6-17(7-5-16)18-8-10-19(11-9-18)20-14-21(25)24(22(26)15-20)29-13-12-23(27)28/h4-15,23H,2-3H2,1H3/b13-12+. The van der Waals surface area contributed by atoms with Gasteiger partial charge in [0, 0.05) is 6.08 Å². The molecule has 0 amide bonds. The molecule has 3 rings (SSSR count). The number of hydrogen-bond donors (Lipinski definition) is 0. The lowest BCUT2D eigenvalue weighted by atomic mass is 9.99. The summed E-state index contributed by atoms with van der Waals surface area (Å²) in [7, 11) is 0. The molecule has 0 saturated carbocycles. The van der Waals surface area contributed by atoms with E-state index in [1.807, 2.05) is 12.1 Å². The minimum atomic E-state index is -2.76. The molecule has 0 saturated heterocycles. The molecule has 0 fully saturated rings. The van der Waals surface area contributed by atoms with Gasteiger partial charge >= 0.3 is 0 Å². The van der Waals surface area contributed by atoms with Crippen LogP contribution >= 0.6 is 0 Å². The maximum absolute atomic E-state index is 14.2. The molecule has 150 valence electrons. The fraction of sp³-hybridized carbons (Fsp3) is 0.167. The quantitative estimate of drug-likeness (QED) is 0.296. The molecule has 0 unspecified atom stereocenters. The fourth-order valence-corrected chi connectivity index (χ4v) is 3.01. The molecule has 0 radical (unpaired) electrons. The fourth-order valence-electron chi connectivity index (χ4n) is 3.01. The number of alkyl halides is 2. The molecule has 0 aliphatic carbocycles. The number of hydrogen-bond acceptors (Lipinski definition) is 1. The average Bonchev–Trinajstić information content (AvgIpc) is 2.71. The largest absolute Gasteiger partial charge is 0.459 e. The summed E-state index contributed by atoms with van der Waals surface area (Å²) in [4.78, 5) is 0. The molecule has 3 aromatic rings. The van der Waals surface area contributed by atoms with Gasteiger partial charge in [0.05, 0.1) is 6.26 Å². The van der Waals surface area contributed by atoms with Crippen molar-refractivity contribution in [2.45, 2.75) is 26.2 Å². The van der Waals surface area contributed by atoms with E-state index in [1.165, 1.54) is 5.56 Å². The minimum absolute atomic E-state index is 0.329. The predicted molar refractivity (Wildman–Crippen MR) is 107 cm³/mol. The zero-order valence-electron chi connectivity index (χ0n) is 15.8. The topological polar surface area (TPSA) is 9.23 Å². The first-order chi connectivity index (χ1) is 14.0. The SMILES string of the molecule is CCCc1ccc(-c2ccc(-c3cc(F)c(O/C=C/C(F)F)c(F)c3)cc2)cc1. The molecule has 0 aliphatic heterocycles. The Morgan fingerprint density at radius 2 is 1.28 bits per heavy atom. The van der Waals surface area contributed by atoms with Crippen molar-refractivity contribution < 1.29 is 22.3 Å². The van der Waals surface area contributed by atoms with Gasteiger partial charge in [-0.25, -0.2) is 17.6 Å². The molecule has 1 nitrogen and oxygen atoms in total. The van der Waals surface area contributed by atoms with Crippen molar-refractivity contribution in [1.29, 1.82) is 0 Å². The molecule has 0 aliphatic rings. The Labute approximate surface area is 167 Å². The number of rotatable bonds is 7. The second-order valence-electron chi connectivity index (χ2n) is 6.57. The average molecular weight is 400 g/mol. The molecule has 0 atom stereocenters. The summed E-state index contributed by atoms with van der Waals surface area (Å²) >= 11 is 0. The first-order valence-corrected chi connectivity index (χ1v) is 9.28. The van der Waals surface area contributed by atoms with Gasteiger partial charge in [0.25, 0.3) is 6.43 Å². The monoisotopic (exact) mass is 400 g/mol. The van der Waals surface area contributed by atoms with Gasteiger partial charge in [-0.3, -0.25) is 0 Å². The van der Waals surface area contributed by atoms with Gasteiger partial charge in [-0.05, 0) is 46.4 Å². The van der Waals surface area contributed by atoms with Crippen LogP contribution in [-0.2, 0) is 6.42 Å². The summed E-state index contributed by atoms with van der Waals surface area (Å²) in [5.41, 5.74) is 4.29. The molecule has 0 bridgehead atoms. The van der Waals surface area contributed by atoms with E-state index in [4.69, 9.17) is 0 Å². The Morgan fingerprint density at radius 3 is 1.76 bits per heavy atom. The zero-order valence-corrected chi connectivity index (χ0v) is 15.8. The number of aryl methyl sites for hydroxylation is 1. The number of ether oxygens (including phenoxy) is 1. The molecule has 0 spiro atoms. The van der Waals surface area contributed by atoms with Gasteiger partial charge in [-0.1, -0.05) is 61.9 Å². The third-order valence-corrected chi connectivity index (χ3v) is 4.45. The minimum Gasteiger partial charge on any atom is -0.459 e. The van der Waals surface area contributed by atoms with Crippen LogP contribution in [0.4, 0.5) is 17.6 Å². The van der Waals surface area contributed by atoms with E-state index < -0.39 is 23.8 Å². The van der Waals surface area contributed by atoms with Crippen molar-refractivity contribution in [2.24, 2.45) is 0 Å². The first-order valence-electron chi connectivity index (χ1n) is 9.28. The number of benzene rings is 3. The molecule has 0 aromatic heterocycles. The smallest absolute Gasteiger partial charge is 0.260 e. The summed E-state index contributed by atoms with van der Waals surface area (Å²) in [6.07, 6.45) is 0.343. The Bertz CT molecular complexity index is 954. The Morgan fingerprint density at radius 1 is 0.793 bits per heavy atom. The summed E-state index contributed by atoms with van der Waals surface area (Å²) < 4.78 is 57.2. The van der Waals surface area contributed by atoms with Gasteiger partial charge in [0.15, 0.2) is 17.4 Å². The van der Waals surface area contributed by atoms with Gasteiger partial charge in [-0.15, -0.1) is 0 Å². The third-order valence-electron chi connectivity index (χ3n) is 4.45. The van der Waals surface area contributed by atoms with Crippen LogP contribution in [-0.4, -0.2) is 6.43 Å². The maximum Gasteiger partial charge on any atom is 0.260 e. The van der Waals surface area contributed by atoms with Crippen LogP contribution in [0.5, 0.6) is 5.75 Å². The van der Waals surface area contributed by atoms with E-state index in [0.717, 1.165) is 36.1 Å². The van der Waals surface area contributed by atoms with E-state index in [9.17, 15) is 17.6 Å². The van der Waals surface area contributed by atoms with Crippen molar-refractivity contribution >= 4 is 0 Å². The molecule has 29 heavy (non-hydrogen) atoms. The third kappa shape index (κ3) is 5.25. The highest BCUT2D eigenvalue weighted by Gasteiger charge is 2.13. The Balaban J connectivity index is 1.80. The van der Waals surface area contributed by atoms with Crippen molar-refractivity contribution in [3.63, 3.8) is 0 Å². The molecular formula is C24H20F4O. The van der Waals surface area contributed by atoms with Crippen LogP contribution in [0.2, 0.25) is 0 Å². The zero-order chi connectivity index (χ0) is 20.8. The highest BCUT2D eigenvalue weighted by molar-refractivity contribution is 5.71. The normalized spacial score (nSPS) is 11.4. The summed E-state index contributed by atoms with van der Waals surface area (Å²) in [5.74, 6) is -2.64. The molecule has 5 heteroatoms. The van der Waals surface area contributed by atoms with Crippen molar-refractivity contribution in [1.82, 2.24) is 0 Å². The summed E-state index contributed by atoms with van der Waals surface area (Å²) in [5, 5.41) is 0. The van der Waals surface area contributed by atoms with Crippen LogP contribution in [0.25, 0.3) is 22.3 Å². The van der Waals surface area contributed by atoms with Gasteiger partial charge in [0.1, 0.15) is 0 Å². The van der Waals surface area contributed by atoms with Crippen molar-refractivity contribution in [3.8, 4) is 28.0 Å². The predicted octanol–water partition coefficient (Wildman–Crippen LogP) is 7.41. The van der Waals surface area contributed by atoms with E-state index in [2.05, 4.69) is 35.9 Å². The lowest BCUT2D eigenvalue weighted by Gasteiger charge is -2.09. The molecule has 3 aromatic carbocycles. The van der Waals surface area contributed by atoms with Crippen molar-refractivity contribution in [3.05, 3.63) is 90.2 Å². The number of allylic oxidation sites excluding steroid dienone is 1. The van der Waals surface area contributed by atoms with Crippen LogP contribution in [0.3, 0.4) is 0 Å². The summed E-state index contributed by atoms with van der Waals surface area (Å²) in [6, 6.07) is 17.9. The molecule has 0 N–H and O–H groups in total. The van der Waals surface area contributed by atoms with Gasteiger partial charge in [-0.2, -0.15) is 0 Å². The van der Waals surface area contributed by atoms with E-state index in [0.29, 0.717) is 23.5 Å². The van der Waals surface area contributed by atoms with Crippen LogP contribution < -0.4 is 4.74 Å². The lowest BCUT2D eigenvalue weighted by molar-refractivity contribution is 0.200. The maximum atomic E-state index is 14.2. The number of halogens is 4. The van der Waals surface area contributed by atoms with E-state index in [1.54, 1.807) is 12.1 Å². The second-order valence-corrected chi connectivity index (χ2v) is 6.57. The van der Waals surface area contributed by atoms with Gasteiger partial charge < -0.3 is 4.74 Å². The van der Waals surface area contributed by atoms with Crippen LogP contribution in [0.15, 0.2) is 73.0 Å². The lowest BCUT2D eigenvalue weighted by Crippen LogP contribution is -1.94. The van der Waals surface area contributed by atoms with Gasteiger partial charge in [0.2, 0.25) is 0 Å². The van der Waals surface area contributed by atoms with Crippen LogP contribution in [0, 0.1) is 11.6 Å². The van der Waals surface area contributed by atoms with Crippen LogP contribution in [0.1, 0.15) is 18.9 Å². The highest BCUT2D eigenvalue weighted by Crippen LogP contribution is 2.31. The molecular weight excluding hydrogens is 380 g/mol. The van der Waals surface area contributed by atoms with Crippen molar-refractivity contribution in [2.75, 3.05) is 0 Å².